The molecule has 1 amide bonds. The van der Waals surface area contributed by atoms with Gasteiger partial charge < -0.3 is 24.4 Å². The summed E-state index contributed by atoms with van der Waals surface area (Å²) in [6, 6.07) is 0.519. The molecule has 1 rings (SSSR count). The van der Waals surface area contributed by atoms with Gasteiger partial charge in [-0.1, -0.05) is 0 Å². The van der Waals surface area contributed by atoms with Gasteiger partial charge in [-0.2, -0.15) is 0 Å². The molecule has 1 saturated heterocycles. The van der Waals surface area contributed by atoms with Gasteiger partial charge in [-0.3, -0.25) is 0 Å². The molecule has 0 aromatic heterocycles. The summed E-state index contributed by atoms with van der Waals surface area (Å²) >= 11 is 0. The van der Waals surface area contributed by atoms with Crippen molar-refractivity contribution in [3.63, 3.8) is 0 Å². The zero-order valence-corrected chi connectivity index (χ0v) is 13.4. The van der Waals surface area contributed by atoms with E-state index in [0.29, 0.717) is 25.9 Å². The third-order valence-electron chi connectivity index (χ3n) is 3.60. The SMILES string of the molecule is CCOC(=O)N1CCC(NCCCCOCCOC)CC1. The Bertz CT molecular complexity index is 268. The van der Waals surface area contributed by atoms with Gasteiger partial charge in [-0.05, 0) is 39.2 Å². The maximum absolute atomic E-state index is 11.6. The minimum atomic E-state index is -0.177. The van der Waals surface area contributed by atoms with Crippen LogP contribution in [0.3, 0.4) is 0 Å². The van der Waals surface area contributed by atoms with E-state index >= 15 is 0 Å². The highest BCUT2D eigenvalue weighted by Gasteiger charge is 2.22. The van der Waals surface area contributed by atoms with Gasteiger partial charge in [0, 0.05) is 32.8 Å². The molecule has 0 saturated carbocycles. The topological polar surface area (TPSA) is 60.0 Å². The van der Waals surface area contributed by atoms with Gasteiger partial charge in [0.05, 0.1) is 19.8 Å². The van der Waals surface area contributed by atoms with E-state index in [1.165, 1.54) is 0 Å². The van der Waals surface area contributed by atoms with Gasteiger partial charge in [-0.25, -0.2) is 4.79 Å². The Labute approximate surface area is 128 Å². The Morgan fingerprint density at radius 2 is 1.95 bits per heavy atom. The fourth-order valence-corrected chi connectivity index (χ4v) is 2.36. The molecular weight excluding hydrogens is 272 g/mol. The van der Waals surface area contributed by atoms with Crippen LogP contribution in [0, 0.1) is 0 Å². The third kappa shape index (κ3) is 8.24. The van der Waals surface area contributed by atoms with Gasteiger partial charge in [-0.15, -0.1) is 0 Å². The summed E-state index contributed by atoms with van der Waals surface area (Å²) in [5, 5.41) is 3.56. The smallest absolute Gasteiger partial charge is 0.409 e. The van der Waals surface area contributed by atoms with E-state index in [4.69, 9.17) is 14.2 Å². The molecule has 0 aromatic carbocycles. The van der Waals surface area contributed by atoms with Crippen LogP contribution >= 0.6 is 0 Å². The van der Waals surface area contributed by atoms with Gasteiger partial charge in [0.1, 0.15) is 0 Å². The van der Waals surface area contributed by atoms with Crippen molar-refractivity contribution < 1.29 is 19.0 Å². The lowest BCUT2D eigenvalue weighted by molar-refractivity contribution is 0.0685. The Kier molecular flexibility index (Phi) is 10.2. The number of carbonyl (C=O) groups is 1. The maximum Gasteiger partial charge on any atom is 0.409 e. The Morgan fingerprint density at radius 1 is 1.19 bits per heavy atom. The van der Waals surface area contributed by atoms with Gasteiger partial charge in [0.15, 0.2) is 0 Å². The lowest BCUT2D eigenvalue weighted by Gasteiger charge is -2.31. The summed E-state index contributed by atoms with van der Waals surface area (Å²) in [5.74, 6) is 0. The van der Waals surface area contributed by atoms with Crippen LogP contribution < -0.4 is 5.32 Å². The molecule has 1 aliphatic heterocycles. The molecule has 21 heavy (non-hydrogen) atoms. The molecular formula is C15H30N2O4. The molecule has 1 heterocycles. The zero-order valence-electron chi connectivity index (χ0n) is 13.4. The van der Waals surface area contributed by atoms with Crippen molar-refractivity contribution in [2.24, 2.45) is 0 Å². The fraction of sp³-hybridized carbons (Fsp3) is 0.933. The lowest BCUT2D eigenvalue weighted by atomic mass is 10.1. The predicted molar refractivity (Wildman–Crippen MR) is 81.5 cm³/mol. The number of methoxy groups -OCH3 is 1. The summed E-state index contributed by atoms with van der Waals surface area (Å²) in [4.78, 5) is 13.4. The predicted octanol–water partition coefficient (Wildman–Crippen LogP) is 1.64. The summed E-state index contributed by atoms with van der Waals surface area (Å²) in [5.41, 5.74) is 0. The first kappa shape index (κ1) is 18.2. The normalized spacial score (nSPS) is 16.2. The Morgan fingerprint density at radius 3 is 2.62 bits per heavy atom. The molecule has 0 aliphatic carbocycles. The molecule has 1 aliphatic rings. The van der Waals surface area contributed by atoms with Crippen molar-refractivity contribution >= 4 is 6.09 Å². The van der Waals surface area contributed by atoms with Crippen molar-refractivity contribution in [1.82, 2.24) is 10.2 Å². The largest absolute Gasteiger partial charge is 0.450 e. The molecule has 6 heteroatoms. The fourth-order valence-electron chi connectivity index (χ4n) is 2.36. The molecule has 1 N–H and O–H groups in total. The number of nitrogens with zero attached hydrogens (tertiary/aromatic N) is 1. The van der Waals surface area contributed by atoms with E-state index in [1.54, 1.807) is 12.0 Å². The van der Waals surface area contributed by atoms with Crippen molar-refractivity contribution in [2.45, 2.75) is 38.6 Å². The van der Waals surface area contributed by atoms with Crippen LogP contribution in [0.15, 0.2) is 0 Å². The molecule has 1 fully saturated rings. The number of ether oxygens (including phenoxy) is 3. The molecule has 6 nitrogen and oxygen atoms in total. The number of hydrogen-bond acceptors (Lipinski definition) is 5. The summed E-state index contributed by atoms with van der Waals surface area (Å²) in [7, 11) is 1.68. The maximum atomic E-state index is 11.6. The van der Waals surface area contributed by atoms with Crippen LogP contribution in [0.25, 0.3) is 0 Å². The number of nitrogens with one attached hydrogen (secondary N) is 1. The van der Waals surface area contributed by atoms with Gasteiger partial charge in [0.2, 0.25) is 0 Å². The Hall–Kier alpha value is -0.850. The van der Waals surface area contributed by atoms with Crippen LogP contribution in [0.5, 0.6) is 0 Å². The molecule has 0 spiro atoms. The van der Waals surface area contributed by atoms with Crippen molar-refractivity contribution in [1.29, 1.82) is 0 Å². The summed E-state index contributed by atoms with van der Waals surface area (Å²) in [6.07, 6.45) is 4.01. The van der Waals surface area contributed by atoms with E-state index in [1.807, 2.05) is 6.92 Å². The lowest BCUT2D eigenvalue weighted by Crippen LogP contribution is -2.45. The molecule has 0 aromatic rings. The van der Waals surface area contributed by atoms with E-state index in [0.717, 1.165) is 51.9 Å². The molecule has 0 bridgehead atoms. The molecule has 0 radical (unpaired) electrons. The first-order chi connectivity index (χ1) is 10.3. The third-order valence-corrected chi connectivity index (χ3v) is 3.60. The zero-order chi connectivity index (χ0) is 15.3. The quantitative estimate of drug-likeness (QED) is 0.622. The first-order valence-corrected chi connectivity index (χ1v) is 7.99. The van der Waals surface area contributed by atoms with Gasteiger partial charge in [0.25, 0.3) is 0 Å². The van der Waals surface area contributed by atoms with E-state index in [9.17, 15) is 4.79 Å². The first-order valence-electron chi connectivity index (χ1n) is 7.99. The standard InChI is InChI=1S/C15H30N2O4/c1-3-21-15(18)17-9-6-14(7-10-17)16-8-4-5-11-20-13-12-19-2/h14,16H,3-13H2,1-2H3. The van der Waals surface area contributed by atoms with Crippen LogP contribution in [0.4, 0.5) is 4.79 Å². The second kappa shape index (κ2) is 11.8. The minimum absolute atomic E-state index is 0.177. The van der Waals surface area contributed by atoms with Crippen LogP contribution in [0.2, 0.25) is 0 Å². The number of piperidine rings is 1. The number of amides is 1. The highest BCUT2D eigenvalue weighted by molar-refractivity contribution is 5.67. The monoisotopic (exact) mass is 302 g/mol. The molecule has 124 valence electrons. The average Bonchev–Trinajstić information content (AvgIpc) is 2.51. The van der Waals surface area contributed by atoms with E-state index in [2.05, 4.69) is 5.32 Å². The molecule has 0 atom stereocenters. The number of carbonyl (C=O) groups excluding carboxylic acids is 1. The van der Waals surface area contributed by atoms with Gasteiger partial charge >= 0.3 is 6.09 Å². The molecule has 0 unspecified atom stereocenters. The Balaban J connectivity index is 1.95. The van der Waals surface area contributed by atoms with Crippen molar-refractivity contribution in [3.05, 3.63) is 0 Å². The van der Waals surface area contributed by atoms with Crippen molar-refractivity contribution in [3.8, 4) is 0 Å². The minimum Gasteiger partial charge on any atom is -0.450 e. The number of likely N-dealkylation sites (tertiary alicyclic amines) is 1. The number of unbranched alkanes of at least 4 members (excludes halogenated alkanes) is 1. The highest BCUT2D eigenvalue weighted by Crippen LogP contribution is 2.11. The second-order valence-electron chi connectivity index (χ2n) is 5.23. The van der Waals surface area contributed by atoms with Crippen LogP contribution in [-0.4, -0.2) is 70.2 Å². The van der Waals surface area contributed by atoms with Crippen LogP contribution in [-0.2, 0) is 14.2 Å². The second-order valence-corrected chi connectivity index (χ2v) is 5.23. The number of hydrogen-bond donors (Lipinski definition) is 1. The van der Waals surface area contributed by atoms with Crippen molar-refractivity contribution in [2.75, 3.05) is 53.2 Å². The van der Waals surface area contributed by atoms with E-state index < -0.39 is 0 Å². The highest BCUT2D eigenvalue weighted by atomic mass is 16.6. The average molecular weight is 302 g/mol. The van der Waals surface area contributed by atoms with E-state index in [-0.39, 0.29) is 6.09 Å². The summed E-state index contributed by atoms with van der Waals surface area (Å²) in [6.45, 7) is 7.01. The number of rotatable bonds is 10. The van der Waals surface area contributed by atoms with Crippen LogP contribution in [0.1, 0.15) is 32.6 Å². The summed E-state index contributed by atoms with van der Waals surface area (Å²) < 4.78 is 15.3.